The minimum absolute atomic E-state index is 0.361. The Labute approximate surface area is 119 Å². The van der Waals surface area contributed by atoms with Crippen molar-refractivity contribution in [2.24, 2.45) is 11.8 Å². The van der Waals surface area contributed by atoms with Crippen LogP contribution in [0.2, 0.25) is 0 Å². The summed E-state index contributed by atoms with van der Waals surface area (Å²) in [6, 6.07) is 8.75. The molecule has 0 aromatic heterocycles. The van der Waals surface area contributed by atoms with Gasteiger partial charge in [0.2, 0.25) is 0 Å². The Hall–Kier alpha value is -0.380. The van der Waals surface area contributed by atoms with Crippen molar-refractivity contribution in [3.8, 4) is 0 Å². The van der Waals surface area contributed by atoms with Crippen molar-refractivity contribution in [1.29, 1.82) is 0 Å². The van der Waals surface area contributed by atoms with Gasteiger partial charge in [-0.15, -0.1) is 0 Å². The molecule has 0 aliphatic heterocycles. The second-order valence-corrected chi connectivity index (χ2v) is 5.73. The van der Waals surface area contributed by atoms with Gasteiger partial charge in [-0.3, -0.25) is 11.3 Å². The molecule has 0 radical (unpaired) electrons. The third-order valence-corrected chi connectivity index (χ3v) is 4.41. The first-order valence-corrected chi connectivity index (χ1v) is 7.71. The van der Waals surface area contributed by atoms with E-state index in [9.17, 15) is 0 Å². The van der Waals surface area contributed by atoms with Crippen LogP contribution in [0.3, 0.4) is 0 Å². The predicted octanol–water partition coefficient (Wildman–Crippen LogP) is 4.04. The summed E-state index contributed by atoms with van der Waals surface area (Å²) < 4.78 is 1.18. The number of benzene rings is 1. The van der Waals surface area contributed by atoms with E-state index >= 15 is 0 Å². The van der Waals surface area contributed by atoms with E-state index in [1.54, 1.807) is 0 Å². The Morgan fingerprint density at radius 3 is 2.56 bits per heavy atom. The minimum Gasteiger partial charge on any atom is -0.271 e. The largest absolute Gasteiger partial charge is 0.271 e. The molecule has 18 heavy (non-hydrogen) atoms. The van der Waals surface area contributed by atoms with Crippen LogP contribution in [0.25, 0.3) is 0 Å². The molecule has 2 nitrogen and oxygen atoms in total. The van der Waals surface area contributed by atoms with E-state index < -0.39 is 0 Å². The molecule has 0 aliphatic carbocycles. The van der Waals surface area contributed by atoms with Crippen molar-refractivity contribution in [2.45, 2.75) is 52.0 Å². The van der Waals surface area contributed by atoms with Crippen molar-refractivity contribution in [3.63, 3.8) is 0 Å². The molecule has 2 unspecified atom stereocenters. The van der Waals surface area contributed by atoms with Crippen LogP contribution in [0, 0.1) is 5.92 Å². The highest BCUT2D eigenvalue weighted by molar-refractivity contribution is 9.10. The number of hydrogen-bond acceptors (Lipinski definition) is 2. The molecule has 0 aliphatic rings. The molecule has 0 spiro atoms. The zero-order chi connectivity index (χ0) is 13.4. The van der Waals surface area contributed by atoms with Gasteiger partial charge in [0.25, 0.3) is 0 Å². The quantitative estimate of drug-likeness (QED) is 0.561. The van der Waals surface area contributed by atoms with Gasteiger partial charge in [0, 0.05) is 10.5 Å². The van der Waals surface area contributed by atoms with E-state index in [2.05, 4.69) is 53.4 Å². The van der Waals surface area contributed by atoms with Gasteiger partial charge >= 0.3 is 0 Å². The second kappa shape index (κ2) is 8.68. The second-order valence-electron chi connectivity index (χ2n) is 4.88. The van der Waals surface area contributed by atoms with E-state index in [1.807, 2.05) is 6.07 Å². The molecule has 0 fully saturated rings. The van der Waals surface area contributed by atoms with Crippen molar-refractivity contribution in [2.75, 3.05) is 0 Å². The van der Waals surface area contributed by atoms with Gasteiger partial charge < -0.3 is 0 Å². The molecule has 1 aromatic rings. The predicted molar refractivity (Wildman–Crippen MR) is 82.3 cm³/mol. The van der Waals surface area contributed by atoms with Crippen LogP contribution in [0.1, 0.15) is 45.1 Å². The molecule has 1 rings (SSSR count). The number of unbranched alkanes of at least 4 members (excludes halogenated alkanes) is 1. The maximum atomic E-state index is 5.75. The lowest BCUT2D eigenvalue weighted by atomic mass is 9.88. The summed E-state index contributed by atoms with van der Waals surface area (Å²) >= 11 is 3.61. The lowest BCUT2D eigenvalue weighted by Crippen LogP contribution is -2.42. The van der Waals surface area contributed by atoms with Crippen LogP contribution in [-0.2, 0) is 6.42 Å². The Balaban J connectivity index is 2.67. The van der Waals surface area contributed by atoms with Crippen molar-refractivity contribution in [3.05, 3.63) is 34.3 Å². The molecule has 0 heterocycles. The fourth-order valence-corrected chi connectivity index (χ4v) is 2.87. The first kappa shape index (κ1) is 15.7. The van der Waals surface area contributed by atoms with Crippen LogP contribution in [-0.4, -0.2) is 6.04 Å². The van der Waals surface area contributed by atoms with Gasteiger partial charge in [0.1, 0.15) is 0 Å². The number of nitrogens with one attached hydrogen (secondary N) is 1. The number of nitrogens with two attached hydrogens (primary N) is 1. The van der Waals surface area contributed by atoms with Gasteiger partial charge in [-0.05, 0) is 30.4 Å². The highest BCUT2D eigenvalue weighted by atomic mass is 79.9. The minimum atomic E-state index is 0.361. The third kappa shape index (κ3) is 4.71. The molecular formula is C15H25BrN2. The lowest BCUT2D eigenvalue weighted by Gasteiger charge is -2.26. The van der Waals surface area contributed by atoms with Crippen LogP contribution >= 0.6 is 15.9 Å². The fourth-order valence-electron chi connectivity index (χ4n) is 2.42. The van der Waals surface area contributed by atoms with Gasteiger partial charge in [-0.25, -0.2) is 0 Å². The zero-order valence-electron chi connectivity index (χ0n) is 11.5. The smallest absolute Gasteiger partial charge is 0.0279 e. The summed E-state index contributed by atoms with van der Waals surface area (Å²) in [5.41, 5.74) is 4.35. The van der Waals surface area contributed by atoms with Gasteiger partial charge in [0.15, 0.2) is 0 Å². The monoisotopic (exact) mass is 312 g/mol. The molecule has 102 valence electrons. The molecule has 3 N–H and O–H groups in total. The molecule has 0 saturated carbocycles. The number of hydrazine groups is 1. The summed E-state index contributed by atoms with van der Waals surface area (Å²) in [6.45, 7) is 4.50. The van der Waals surface area contributed by atoms with Gasteiger partial charge in [-0.2, -0.15) is 0 Å². The summed E-state index contributed by atoms with van der Waals surface area (Å²) in [7, 11) is 0. The third-order valence-electron chi connectivity index (χ3n) is 3.63. The van der Waals surface area contributed by atoms with Crippen molar-refractivity contribution >= 4 is 15.9 Å². The first-order valence-electron chi connectivity index (χ1n) is 6.92. The van der Waals surface area contributed by atoms with E-state index in [4.69, 9.17) is 5.84 Å². The lowest BCUT2D eigenvalue weighted by molar-refractivity contribution is 0.318. The van der Waals surface area contributed by atoms with E-state index in [0.29, 0.717) is 12.0 Å². The average Bonchev–Trinajstić information content (AvgIpc) is 2.40. The van der Waals surface area contributed by atoms with E-state index in [1.165, 1.54) is 35.7 Å². The first-order chi connectivity index (χ1) is 8.72. The topological polar surface area (TPSA) is 38.0 Å². The van der Waals surface area contributed by atoms with E-state index in [0.717, 1.165) is 6.42 Å². The van der Waals surface area contributed by atoms with Crippen LogP contribution in [0.5, 0.6) is 0 Å². The molecular weight excluding hydrogens is 288 g/mol. The van der Waals surface area contributed by atoms with Crippen LogP contribution in [0.15, 0.2) is 28.7 Å². The standard InChI is InChI=1S/C15H25BrN2/c1-3-5-8-12(4-2)15(18-17)11-13-9-6-7-10-14(13)16/h6-7,9-10,12,15,18H,3-5,8,11,17H2,1-2H3. The highest BCUT2D eigenvalue weighted by Gasteiger charge is 2.19. The van der Waals surface area contributed by atoms with Crippen LogP contribution < -0.4 is 11.3 Å². The number of halogens is 1. The number of rotatable bonds is 8. The molecule has 1 aromatic carbocycles. The molecule has 0 amide bonds. The van der Waals surface area contributed by atoms with Crippen molar-refractivity contribution < 1.29 is 0 Å². The summed E-state index contributed by atoms with van der Waals surface area (Å²) in [5.74, 6) is 6.41. The average molecular weight is 313 g/mol. The highest BCUT2D eigenvalue weighted by Crippen LogP contribution is 2.23. The normalized spacial score (nSPS) is 14.4. The Morgan fingerprint density at radius 1 is 1.28 bits per heavy atom. The zero-order valence-corrected chi connectivity index (χ0v) is 13.0. The number of hydrogen-bond donors (Lipinski definition) is 2. The van der Waals surface area contributed by atoms with Gasteiger partial charge in [-0.1, -0.05) is 67.2 Å². The fraction of sp³-hybridized carbons (Fsp3) is 0.600. The Bertz CT molecular complexity index is 341. The SMILES string of the molecule is CCCCC(CC)C(Cc1ccccc1Br)NN. The summed E-state index contributed by atoms with van der Waals surface area (Å²) in [4.78, 5) is 0. The molecule has 2 atom stereocenters. The van der Waals surface area contributed by atoms with Crippen LogP contribution in [0.4, 0.5) is 0 Å². The summed E-state index contributed by atoms with van der Waals surface area (Å²) in [6.07, 6.45) is 5.96. The van der Waals surface area contributed by atoms with Crippen molar-refractivity contribution in [1.82, 2.24) is 5.43 Å². The molecule has 3 heteroatoms. The Kier molecular flexibility index (Phi) is 7.56. The molecule has 0 saturated heterocycles. The maximum absolute atomic E-state index is 5.75. The maximum Gasteiger partial charge on any atom is 0.0279 e. The Morgan fingerprint density at radius 2 is 2.00 bits per heavy atom. The van der Waals surface area contributed by atoms with E-state index in [-0.39, 0.29) is 0 Å². The summed E-state index contributed by atoms with van der Waals surface area (Å²) in [5, 5.41) is 0. The molecule has 0 bridgehead atoms. The van der Waals surface area contributed by atoms with Gasteiger partial charge in [0.05, 0.1) is 0 Å².